The monoisotopic (exact) mass is 199 g/mol. The summed E-state index contributed by atoms with van der Waals surface area (Å²) in [6.45, 7) is 8.58. The van der Waals surface area contributed by atoms with E-state index in [0.717, 1.165) is 6.42 Å². The highest BCUT2D eigenvalue weighted by Gasteiger charge is 2.53. The molecular formula is C14H17N. The number of rotatable bonds is 1. The van der Waals surface area contributed by atoms with E-state index in [2.05, 4.69) is 45.9 Å². The molecule has 15 heavy (non-hydrogen) atoms. The summed E-state index contributed by atoms with van der Waals surface area (Å²) < 4.78 is 0. The van der Waals surface area contributed by atoms with Crippen molar-refractivity contribution >= 4 is 0 Å². The first kappa shape index (κ1) is 10.2. The zero-order valence-corrected chi connectivity index (χ0v) is 9.89. The minimum absolute atomic E-state index is 0.178. The Hall–Kier alpha value is -1.29. The smallest absolute Gasteiger partial charge is 0.0854 e. The fourth-order valence-electron chi connectivity index (χ4n) is 2.45. The second-order valence-electron chi connectivity index (χ2n) is 4.87. The zero-order valence-electron chi connectivity index (χ0n) is 9.89. The van der Waals surface area contributed by atoms with E-state index < -0.39 is 0 Å². The molecule has 1 fully saturated rings. The van der Waals surface area contributed by atoms with Crippen LogP contribution in [0.2, 0.25) is 0 Å². The normalized spacial score (nSPS) is 28.6. The van der Waals surface area contributed by atoms with Crippen LogP contribution in [-0.2, 0) is 5.41 Å². The largest absolute Gasteiger partial charge is 0.197 e. The molecule has 0 radical (unpaired) electrons. The summed E-state index contributed by atoms with van der Waals surface area (Å²) in [4.78, 5) is 0. The number of hydrogen-bond donors (Lipinski definition) is 0. The Morgan fingerprint density at radius 2 is 1.87 bits per heavy atom. The minimum Gasteiger partial charge on any atom is -0.197 e. The summed E-state index contributed by atoms with van der Waals surface area (Å²) in [7, 11) is 0. The maximum absolute atomic E-state index is 9.32. The minimum atomic E-state index is -0.178. The molecule has 2 unspecified atom stereocenters. The van der Waals surface area contributed by atoms with Crippen molar-refractivity contribution in [2.24, 2.45) is 5.92 Å². The second-order valence-corrected chi connectivity index (χ2v) is 4.87. The highest BCUT2D eigenvalue weighted by Crippen LogP contribution is 2.54. The van der Waals surface area contributed by atoms with E-state index in [-0.39, 0.29) is 5.41 Å². The van der Waals surface area contributed by atoms with Crippen molar-refractivity contribution in [1.82, 2.24) is 0 Å². The fraction of sp³-hybridized carbons (Fsp3) is 0.500. The van der Waals surface area contributed by atoms with E-state index in [1.807, 2.05) is 0 Å². The van der Waals surface area contributed by atoms with Crippen LogP contribution in [-0.4, -0.2) is 0 Å². The molecule has 1 aliphatic carbocycles. The molecule has 1 aromatic rings. The van der Waals surface area contributed by atoms with Gasteiger partial charge in [-0.05, 0) is 55.4 Å². The molecule has 0 bridgehead atoms. The Morgan fingerprint density at radius 1 is 1.27 bits per heavy atom. The van der Waals surface area contributed by atoms with Crippen molar-refractivity contribution in [3.8, 4) is 6.07 Å². The van der Waals surface area contributed by atoms with E-state index in [0.29, 0.717) is 5.92 Å². The summed E-state index contributed by atoms with van der Waals surface area (Å²) in [6.07, 6.45) is 1.02. The van der Waals surface area contributed by atoms with Gasteiger partial charge in [-0.25, -0.2) is 0 Å². The molecule has 2 atom stereocenters. The Balaban J connectivity index is 2.57. The van der Waals surface area contributed by atoms with E-state index in [4.69, 9.17) is 0 Å². The maximum atomic E-state index is 9.32. The van der Waals surface area contributed by atoms with Crippen LogP contribution in [0, 0.1) is 38.0 Å². The van der Waals surface area contributed by atoms with Gasteiger partial charge in [0.2, 0.25) is 0 Å². The average molecular weight is 199 g/mol. The number of nitriles is 1. The van der Waals surface area contributed by atoms with Gasteiger partial charge in [0, 0.05) is 0 Å². The standard InChI is InChI=1S/C14H17N/c1-9-5-6-13(12(4)11(9)3)14(8-15)7-10(14)2/h5-6,10H,7H2,1-4H3. The third kappa shape index (κ3) is 1.28. The molecule has 0 amide bonds. The second kappa shape index (κ2) is 3.10. The van der Waals surface area contributed by atoms with Crippen LogP contribution in [0.5, 0.6) is 0 Å². The summed E-state index contributed by atoms with van der Waals surface area (Å²) >= 11 is 0. The summed E-state index contributed by atoms with van der Waals surface area (Å²) in [5.41, 5.74) is 5.03. The average Bonchev–Trinajstić information content (AvgIpc) is 2.87. The molecule has 2 rings (SSSR count). The van der Waals surface area contributed by atoms with Gasteiger partial charge in [-0.3, -0.25) is 0 Å². The quantitative estimate of drug-likeness (QED) is 0.680. The van der Waals surface area contributed by atoms with Crippen LogP contribution in [0.3, 0.4) is 0 Å². The molecule has 0 N–H and O–H groups in total. The molecule has 78 valence electrons. The molecule has 0 aliphatic heterocycles. The summed E-state index contributed by atoms with van der Waals surface area (Å²) in [5.74, 6) is 0.517. The molecule has 1 heteroatoms. The lowest BCUT2D eigenvalue weighted by atomic mass is 9.87. The lowest BCUT2D eigenvalue weighted by molar-refractivity contribution is 0.783. The van der Waals surface area contributed by atoms with E-state index in [9.17, 15) is 5.26 Å². The molecule has 0 aromatic heterocycles. The Bertz CT molecular complexity index is 453. The van der Waals surface area contributed by atoms with Crippen LogP contribution < -0.4 is 0 Å². The van der Waals surface area contributed by atoms with Gasteiger partial charge in [0.05, 0.1) is 11.5 Å². The number of nitrogens with zero attached hydrogens (tertiary/aromatic N) is 1. The van der Waals surface area contributed by atoms with Crippen molar-refractivity contribution in [2.75, 3.05) is 0 Å². The lowest BCUT2D eigenvalue weighted by Crippen LogP contribution is -2.09. The fourth-order valence-corrected chi connectivity index (χ4v) is 2.45. The van der Waals surface area contributed by atoms with E-state index >= 15 is 0 Å². The number of hydrogen-bond acceptors (Lipinski definition) is 1. The summed E-state index contributed by atoms with van der Waals surface area (Å²) in [6, 6.07) is 6.79. The topological polar surface area (TPSA) is 23.8 Å². The molecule has 0 saturated heterocycles. The first-order valence-electron chi connectivity index (χ1n) is 5.51. The highest BCUT2D eigenvalue weighted by atomic mass is 14.6. The summed E-state index contributed by atoms with van der Waals surface area (Å²) in [5, 5.41) is 9.32. The molecule has 1 aromatic carbocycles. The van der Waals surface area contributed by atoms with Gasteiger partial charge in [0.15, 0.2) is 0 Å². The van der Waals surface area contributed by atoms with E-state index in [1.54, 1.807) is 0 Å². The van der Waals surface area contributed by atoms with Gasteiger partial charge >= 0.3 is 0 Å². The van der Waals surface area contributed by atoms with Crippen molar-refractivity contribution in [2.45, 2.75) is 39.5 Å². The third-order valence-electron chi connectivity index (χ3n) is 4.05. The van der Waals surface area contributed by atoms with Gasteiger partial charge in [-0.15, -0.1) is 0 Å². The molecule has 1 saturated carbocycles. The lowest BCUT2D eigenvalue weighted by Gasteiger charge is -2.15. The van der Waals surface area contributed by atoms with Crippen molar-refractivity contribution in [3.63, 3.8) is 0 Å². The number of benzene rings is 1. The van der Waals surface area contributed by atoms with Crippen LogP contribution in [0.15, 0.2) is 12.1 Å². The van der Waals surface area contributed by atoms with Gasteiger partial charge < -0.3 is 0 Å². The van der Waals surface area contributed by atoms with Crippen LogP contribution in [0.4, 0.5) is 0 Å². The number of aryl methyl sites for hydroxylation is 1. The molecular weight excluding hydrogens is 182 g/mol. The van der Waals surface area contributed by atoms with Gasteiger partial charge in [0.1, 0.15) is 0 Å². The molecule has 0 heterocycles. The Labute approximate surface area is 91.7 Å². The highest BCUT2D eigenvalue weighted by molar-refractivity contribution is 5.50. The van der Waals surface area contributed by atoms with E-state index in [1.165, 1.54) is 22.3 Å². The van der Waals surface area contributed by atoms with Crippen molar-refractivity contribution in [1.29, 1.82) is 5.26 Å². The first-order valence-corrected chi connectivity index (χ1v) is 5.51. The third-order valence-corrected chi connectivity index (χ3v) is 4.05. The van der Waals surface area contributed by atoms with Crippen LogP contribution in [0.25, 0.3) is 0 Å². The van der Waals surface area contributed by atoms with Gasteiger partial charge in [-0.1, -0.05) is 19.1 Å². The first-order chi connectivity index (χ1) is 7.03. The predicted molar refractivity (Wildman–Crippen MR) is 61.7 cm³/mol. The van der Waals surface area contributed by atoms with Crippen LogP contribution >= 0.6 is 0 Å². The van der Waals surface area contributed by atoms with Crippen LogP contribution in [0.1, 0.15) is 35.6 Å². The Kier molecular flexibility index (Phi) is 2.12. The molecule has 0 spiro atoms. The Morgan fingerprint density at radius 3 is 2.33 bits per heavy atom. The maximum Gasteiger partial charge on any atom is 0.0854 e. The zero-order chi connectivity index (χ0) is 11.2. The molecule has 1 nitrogen and oxygen atoms in total. The molecule has 1 aliphatic rings. The van der Waals surface area contributed by atoms with Gasteiger partial charge in [-0.2, -0.15) is 5.26 Å². The van der Waals surface area contributed by atoms with Crippen molar-refractivity contribution < 1.29 is 0 Å². The van der Waals surface area contributed by atoms with Gasteiger partial charge in [0.25, 0.3) is 0 Å². The SMILES string of the molecule is Cc1ccc(C2(C#N)CC2C)c(C)c1C. The predicted octanol–water partition coefficient (Wildman–Crippen LogP) is 3.41. The van der Waals surface area contributed by atoms with Crippen molar-refractivity contribution in [3.05, 3.63) is 34.4 Å².